The van der Waals surface area contributed by atoms with Gasteiger partial charge in [0.2, 0.25) is 0 Å². The fraction of sp³-hybridized carbons (Fsp3) is 0.500. The molecule has 0 aliphatic heterocycles. The van der Waals surface area contributed by atoms with Crippen LogP contribution >= 0.6 is 11.6 Å². The van der Waals surface area contributed by atoms with Gasteiger partial charge in [0, 0.05) is 24.7 Å². The Kier molecular flexibility index (Phi) is 6.28. The van der Waals surface area contributed by atoms with Gasteiger partial charge in [0.25, 0.3) is 0 Å². The van der Waals surface area contributed by atoms with Crippen molar-refractivity contribution >= 4 is 17.6 Å². The molecule has 0 aromatic heterocycles. The van der Waals surface area contributed by atoms with Gasteiger partial charge in [-0.25, -0.2) is 0 Å². The van der Waals surface area contributed by atoms with Crippen molar-refractivity contribution in [3.8, 4) is 0 Å². The molecule has 0 atom stereocenters. The minimum Gasteiger partial charge on any atom is -0.480 e. The fourth-order valence-corrected chi connectivity index (χ4v) is 1.94. The number of carboxylic acid groups (broad SMARTS) is 1. The molecule has 19 heavy (non-hydrogen) atoms. The van der Waals surface area contributed by atoms with E-state index in [1.54, 1.807) is 0 Å². The van der Waals surface area contributed by atoms with Gasteiger partial charge in [0.1, 0.15) is 0 Å². The van der Waals surface area contributed by atoms with Crippen molar-refractivity contribution in [2.24, 2.45) is 0 Å². The highest BCUT2D eigenvalue weighted by Gasteiger charge is 2.11. The van der Waals surface area contributed by atoms with Crippen LogP contribution in [0.15, 0.2) is 18.2 Å². The predicted octanol–water partition coefficient (Wildman–Crippen LogP) is 2.10. The minimum absolute atomic E-state index is 0.0410. The van der Waals surface area contributed by atoms with Crippen molar-refractivity contribution in [1.29, 1.82) is 0 Å². The van der Waals surface area contributed by atoms with Crippen molar-refractivity contribution in [1.82, 2.24) is 9.80 Å². The second kappa shape index (κ2) is 7.48. The lowest BCUT2D eigenvalue weighted by molar-refractivity contribution is -0.138. The zero-order chi connectivity index (χ0) is 14.4. The quantitative estimate of drug-likeness (QED) is 0.833. The van der Waals surface area contributed by atoms with Gasteiger partial charge in [0.05, 0.1) is 6.54 Å². The van der Waals surface area contributed by atoms with E-state index in [4.69, 9.17) is 16.7 Å². The van der Waals surface area contributed by atoms with Gasteiger partial charge >= 0.3 is 5.97 Å². The number of rotatable bonds is 7. The first-order valence-electron chi connectivity index (χ1n) is 6.22. The molecule has 1 aromatic carbocycles. The Labute approximate surface area is 119 Å². The summed E-state index contributed by atoms with van der Waals surface area (Å²) in [5.74, 6) is -0.808. The molecule has 106 valence electrons. The molecular weight excluding hydrogens is 264 g/mol. The van der Waals surface area contributed by atoms with E-state index in [1.165, 1.54) is 0 Å². The van der Waals surface area contributed by atoms with Gasteiger partial charge in [-0.3, -0.25) is 9.69 Å². The summed E-state index contributed by atoms with van der Waals surface area (Å²) in [6.45, 7) is 4.13. The highest BCUT2D eigenvalue weighted by Crippen LogP contribution is 2.17. The Morgan fingerprint density at radius 3 is 2.53 bits per heavy atom. The van der Waals surface area contributed by atoms with E-state index < -0.39 is 5.97 Å². The molecule has 0 fully saturated rings. The van der Waals surface area contributed by atoms with Gasteiger partial charge in [0.15, 0.2) is 0 Å². The first kappa shape index (κ1) is 16.0. The predicted molar refractivity (Wildman–Crippen MR) is 77.7 cm³/mol. The molecule has 0 aliphatic rings. The van der Waals surface area contributed by atoms with Crippen LogP contribution in [0.25, 0.3) is 0 Å². The highest BCUT2D eigenvalue weighted by molar-refractivity contribution is 6.31. The number of hydrogen-bond donors (Lipinski definition) is 1. The molecule has 0 unspecified atom stereocenters. The number of halogens is 1. The number of likely N-dealkylation sites (N-methyl/N-ethyl adjacent to an activating group) is 1. The maximum atomic E-state index is 10.9. The molecule has 1 aromatic rings. The smallest absolute Gasteiger partial charge is 0.317 e. The normalized spacial score (nSPS) is 11.3. The van der Waals surface area contributed by atoms with Gasteiger partial charge in [-0.15, -0.1) is 0 Å². The Bertz CT molecular complexity index is 435. The maximum absolute atomic E-state index is 10.9. The van der Waals surface area contributed by atoms with E-state index in [9.17, 15) is 4.79 Å². The first-order valence-corrected chi connectivity index (χ1v) is 6.60. The molecule has 1 N–H and O–H groups in total. The lowest BCUT2D eigenvalue weighted by atomic mass is 10.1. The molecule has 0 saturated heterocycles. The van der Waals surface area contributed by atoms with Gasteiger partial charge in [-0.1, -0.05) is 23.7 Å². The second-order valence-corrected chi connectivity index (χ2v) is 5.40. The molecular formula is C14H21ClN2O2. The molecule has 4 nitrogen and oxygen atoms in total. The third kappa shape index (κ3) is 6.05. The number of hydrogen-bond acceptors (Lipinski definition) is 3. The Morgan fingerprint density at radius 2 is 2.00 bits per heavy atom. The summed E-state index contributed by atoms with van der Waals surface area (Å²) in [5, 5.41) is 9.67. The lowest BCUT2D eigenvalue weighted by Crippen LogP contribution is -2.35. The minimum atomic E-state index is -0.808. The monoisotopic (exact) mass is 284 g/mol. The zero-order valence-corrected chi connectivity index (χ0v) is 12.4. The largest absolute Gasteiger partial charge is 0.480 e. The number of aryl methyl sites for hydroxylation is 1. The van der Waals surface area contributed by atoms with Crippen molar-refractivity contribution in [3.05, 3.63) is 34.3 Å². The van der Waals surface area contributed by atoms with Gasteiger partial charge in [-0.05, 0) is 38.2 Å². The zero-order valence-electron chi connectivity index (χ0n) is 11.7. The van der Waals surface area contributed by atoms with Crippen molar-refractivity contribution in [3.63, 3.8) is 0 Å². The molecule has 0 spiro atoms. The molecule has 0 radical (unpaired) electrons. The lowest BCUT2D eigenvalue weighted by Gasteiger charge is -2.22. The first-order chi connectivity index (χ1) is 8.88. The number of nitrogens with zero attached hydrogens (tertiary/aromatic N) is 2. The molecule has 5 heteroatoms. The van der Waals surface area contributed by atoms with E-state index in [0.717, 1.165) is 22.7 Å². The average Bonchev–Trinajstić information content (AvgIpc) is 2.30. The molecule has 0 aliphatic carbocycles. The third-order valence-corrected chi connectivity index (χ3v) is 3.27. The van der Waals surface area contributed by atoms with E-state index >= 15 is 0 Å². The average molecular weight is 285 g/mol. The maximum Gasteiger partial charge on any atom is 0.317 e. The van der Waals surface area contributed by atoms with Crippen LogP contribution in [0.5, 0.6) is 0 Å². The SMILES string of the molecule is Cc1ccc(CN(CCN(C)C)CC(=O)O)cc1Cl. The Hall–Kier alpha value is -1.10. The van der Waals surface area contributed by atoms with Crippen LogP contribution in [-0.2, 0) is 11.3 Å². The van der Waals surface area contributed by atoms with E-state index in [-0.39, 0.29) is 6.54 Å². The second-order valence-electron chi connectivity index (χ2n) is 4.99. The topological polar surface area (TPSA) is 43.8 Å². The van der Waals surface area contributed by atoms with Gasteiger partial charge in [-0.2, -0.15) is 0 Å². The Balaban J connectivity index is 2.69. The number of aliphatic carboxylic acids is 1. The molecule has 0 amide bonds. The van der Waals surface area contributed by atoms with Crippen LogP contribution in [0.1, 0.15) is 11.1 Å². The summed E-state index contributed by atoms with van der Waals surface area (Å²) < 4.78 is 0. The van der Waals surface area contributed by atoms with E-state index in [2.05, 4.69) is 0 Å². The summed E-state index contributed by atoms with van der Waals surface area (Å²) in [7, 11) is 3.95. The molecule has 0 saturated carbocycles. The summed E-state index contributed by atoms with van der Waals surface area (Å²) in [4.78, 5) is 14.8. The summed E-state index contributed by atoms with van der Waals surface area (Å²) in [6.07, 6.45) is 0. The summed E-state index contributed by atoms with van der Waals surface area (Å²) in [6, 6.07) is 5.86. The third-order valence-electron chi connectivity index (χ3n) is 2.86. The Morgan fingerprint density at radius 1 is 1.32 bits per heavy atom. The van der Waals surface area contributed by atoms with Crippen LogP contribution in [0.3, 0.4) is 0 Å². The van der Waals surface area contributed by atoms with Crippen LogP contribution in [0.2, 0.25) is 5.02 Å². The molecule has 0 bridgehead atoms. The number of carboxylic acids is 1. The van der Waals surface area contributed by atoms with E-state index in [0.29, 0.717) is 13.1 Å². The number of benzene rings is 1. The van der Waals surface area contributed by atoms with Crippen LogP contribution in [0, 0.1) is 6.92 Å². The summed E-state index contributed by atoms with van der Waals surface area (Å²) in [5.41, 5.74) is 2.07. The standard InChI is InChI=1S/C14H21ClN2O2/c1-11-4-5-12(8-13(11)15)9-17(10-14(18)19)7-6-16(2)3/h4-5,8H,6-7,9-10H2,1-3H3,(H,18,19). The van der Waals surface area contributed by atoms with E-state index in [1.807, 2.05) is 49.0 Å². The molecule has 1 rings (SSSR count). The van der Waals surface area contributed by atoms with Crippen molar-refractivity contribution < 1.29 is 9.90 Å². The van der Waals surface area contributed by atoms with Crippen LogP contribution in [0.4, 0.5) is 0 Å². The van der Waals surface area contributed by atoms with Crippen LogP contribution < -0.4 is 0 Å². The van der Waals surface area contributed by atoms with Crippen molar-refractivity contribution in [2.45, 2.75) is 13.5 Å². The fourth-order valence-electron chi connectivity index (χ4n) is 1.74. The van der Waals surface area contributed by atoms with Crippen molar-refractivity contribution in [2.75, 3.05) is 33.7 Å². The summed E-state index contributed by atoms with van der Waals surface area (Å²) >= 11 is 6.09. The highest BCUT2D eigenvalue weighted by atomic mass is 35.5. The van der Waals surface area contributed by atoms with Crippen LogP contribution in [-0.4, -0.2) is 54.6 Å². The molecule has 0 heterocycles. The number of carbonyl (C=O) groups is 1. The van der Waals surface area contributed by atoms with Gasteiger partial charge < -0.3 is 10.0 Å².